The number of thiophene rings is 1. The average molecular weight is 499 g/mol. The maximum absolute atomic E-state index is 12.4. The minimum Gasteiger partial charge on any atom is -0.462 e. The number of rotatable bonds is 9. The lowest BCUT2D eigenvalue weighted by Gasteiger charge is -2.08. The summed E-state index contributed by atoms with van der Waals surface area (Å²) in [7, 11) is 0. The summed E-state index contributed by atoms with van der Waals surface area (Å²) in [5.74, 6) is -3.19. The number of hydrogen-bond donors (Lipinski definition) is 1. The molecule has 2 rings (SSSR count). The lowest BCUT2D eigenvalue weighted by atomic mass is 10.1. The first-order valence-corrected chi connectivity index (χ1v) is 10.7. The van der Waals surface area contributed by atoms with Gasteiger partial charge >= 0.3 is 17.9 Å². The lowest BCUT2D eigenvalue weighted by molar-refractivity contribution is -0.384. The van der Waals surface area contributed by atoms with Crippen LogP contribution in [0.5, 0.6) is 0 Å². The molecule has 0 spiro atoms. The molecular weight excluding hydrogens is 480 g/mol. The molecule has 0 fully saturated rings. The maximum Gasteiger partial charge on any atom is 0.348 e. The highest BCUT2D eigenvalue weighted by atomic mass is 35.5. The number of nitrogens with one attached hydrogen (secondary N) is 1. The van der Waals surface area contributed by atoms with Crippen LogP contribution in [0, 0.1) is 17.0 Å². The number of nitrogens with zero attached hydrogens (tertiary/aromatic N) is 1. The highest BCUT2D eigenvalue weighted by Gasteiger charge is 2.27. The largest absolute Gasteiger partial charge is 0.462 e. The number of nitro benzene ring substituents is 1. The van der Waals surface area contributed by atoms with Crippen LogP contribution >= 0.6 is 22.9 Å². The van der Waals surface area contributed by atoms with Crippen LogP contribution in [0.15, 0.2) is 18.2 Å². The van der Waals surface area contributed by atoms with Gasteiger partial charge in [-0.3, -0.25) is 14.9 Å². The minimum atomic E-state index is -0.981. The van der Waals surface area contributed by atoms with E-state index in [1.165, 1.54) is 6.92 Å². The van der Waals surface area contributed by atoms with Crippen molar-refractivity contribution in [2.45, 2.75) is 20.8 Å². The summed E-state index contributed by atoms with van der Waals surface area (Å²) in [4.78, 5) is 59.3. The predicted molar refractivity (Wildman–Crippen MR) is 118 cm³/mol. The fourth-order valence-corrected chi connectivity index (χ4v) is 3.95. The molecule has 13 heteroatoms. The Hall–Kier alpha value is -3.51. The summed E-state index contributed by atoms with van der Waals surface area (Å²) in [6.07, 6.45) is 0. The number of esters is 3. The second kappa shape index (κ2) is 11.4. The van der Waals surface area contributed by atoms with Crippen LogP contribution in [0.3, 0.4) is 0 Å². The normalized spacial score (nSPS) is 10.3. The van der Waals surface area contributed by atoms with Crippen LogP contribution in [0.4, 0.5) is 10.7 Å². The molecule has 0 radical (unpaired) electrons. The van der Waals surface area contributed by atoms with Gasteiger partial charge in [0, 0.05) is 12.1 Å². The Balaban J connectivity index is 2.16. The minimum absolute atomic E-state index is 0.0111. The number of hydrogen-bond acceptors (Lipinski definition) is 10. The molecule has 1 heterocycles. The number of anilines is 1. The first-order chi connectivity index (χ1) is 15.6. The Morgan fingerprint density at radius 2 is 1.70 bits per heavy atom. The molecule has 33 heavy (non-hydrogen) atoms. The molecule has 1 aromatic carbocycles. The van der Waals surface area contributed by atoms with Crippen LogP contribution in [-0.2, 0) is 19.0 Å². The van der Waals surface area contributed by atoms with Crippen LogP contribution < -0.4 is 5.32 Å². The quantitative estimate of drug-likeness (QED) is 0.235. The molecule has 0 bridgehead atoms. The Kier molecular flexibility index (Phi) is 8.88. The summed E-state index contributed by atoms with van der Waals surface area (Å²) < 4.78 is 14.9. The number of benzene rings is 1. The zero-order chi connectivity index (χ0) is 24.7. The number of carbonyl (C=O) groups excluding carboxylic acids is 4. The molecule has 0 aliphatic carbocycles. The Morgan fingerprint density at radius 3 is 2.27 bits per heavy atom. The number of halogens is 1. The summed E-state index contributed by atoms with van der Waals surface area (Å²) >= 11 is 6.70. The van der Waals surface area contributed by atoms with E-state index in [9.17, 15) is 29.3 Å². The van der Waals surface area contributed by atoms with E-state index in [2.05, 4.69) is 5.32 Å². The van der Waals surface area contributed by atoms with Gasteiger partial charge in [-0.15, -0.1) is 11.3 Å². The zero-order valence-corrected chi connectivity index (χ0v) is 19.3. The molecule has 0 aliphatic rings. The van der Waals surface area contributed by atoms with Crippen molar-refractivity contribution in [1.82, 2.24) is 0 Å². The van der Waals surface area contributed by atoms with Gasteiger partial charge in [0.25, 0.3) is 11.6 Å². The molecule has 0 saturated heterocycles. The average Bonchev–Trinajstić information content (AvgIpc) is 3.08. The number of nitro groups is 1. The molecule has 176 valence electrons. The van der Waals surface area contributed by atoms with Gasteiger partial charge in [-0.05, 0) is 32.4 Å². The van der Waals surface area contributed by atoms with Crippen molar-refractivity contribution >= 4 is 57.4 Å². The maximum atomic E-state index is 12.4. The highest BCUT2D eigenvalue weighted by Crippen LogP contribution is 2.34. The van der Waals surface area contributed by atoms with E-state index in [-0.39, 0.29) is 50.5 Å². The highest BCUT2D eigenvalue weighted by molar-refractivity contribution is 7.18. The SMILES string of the molecule is CCOC(=O)c1sc(NC(=O)COC(=O)c2ccc([N+](=O)[O-])cc2Cl)c(C(=O)OCC)c1C. The van der Waals surface area contributed by atoms with E-state index in [1.54, 1.807) is 13.8 Å². The van der Waals surface area contributed by atoms with Gasteiger partial charge in [-0.25, -0.2) is 14.4 Å². The fourth-order valence-electron chi connectivity index (χ4n) is 2.60. The van der Waals surface area contributed by atoms with Crippen molar-refractivity contribution < 1.29 is 38.3 Å². The van der Waals surface area contributed by atoms with Crippen LogP contribution in [0.1, 0.15) is 49.8 Å². The van der Waals surface area contributed by atoms with Gasteiger partial charge in [-0.2, -0.15) is 0 Å². The van der Waals surface area contributed by atoms with Crippen molar-refractivity contribution in [3.8, 4) is 0 Å². The summed E-state index contributed by atoms with van der Waals surface area (Å²) in [5.41, 5.74) is -0.213. The monoisotopic (exact) mass is 498 g/mol. The standard InChI is InChI=1S/C20H19ClN2O9S/c1-4-30-19(26)15-10(3)16(20(27)31-5-2)33-17(15)22-14(24)9-32-18(25)12-7-6-11(23(28)29)8-13(12)21/h6-8H,4-5,9H2,1-3H3,(H,22,24). The topological polar surface area (TPSA) is 151 Å². The van der Waals surface area contributed by atoms with Gasteiger partial charge in [0.2, 0.25) is 0 Å². The number of carbonyl (C=O) groups is 4. The van der Waals surface area contributed by atoms with Crippen molar-refractivity contribution in [2.75, 3.05) is 25.1 Å². The molecule has 1 amide bonds. The summed E-state index contributed by atoms with van der Waals surface area (Å²) in [6, 6.07) is 3.16. The van der Waals surface area contributed by atoms with E-state index in [0.717, 1.165) is 29.5 Å². The Bertz CT molecular complexity index is 1110. The number of ether oxygens (including phenoxy) is 3. The molecule has 0 atom stereocenters. The van der Waals surface area contributed by atoms with Gasteiger partial charge in [0.15, 0.2) is 6.61 Å². The van der Waals surface area contributed by atoms with Crippen molar-refractivity contribution in [3.63, 3.8) is 0 Å². The van der Waals surface area contributed by atoms with Gasteiger partial charge in [0.05, 0.1) is 34.3 Å². The van der Waals surface area contributed by atoms with Crippen molar-refractivity contribution in [3.05, 3.63) is 54.9 Å². The second-order valence-corrected chi connectivity index (χ2v) is 7.67. The first-order valence-electron chi connectivity index (χ1n) is 9.49. The molecule has 1 aromatic heterocycles. The van der Waals surface area contributed by atoms with Crippen molar-refractivity contribution in [2.24, 2.45) is 0 Å². The van der Waals surface area contributed by atoms with Crippen molar-refractivity contribution in [1.29, 1.82) is 0 Å². The number of non-ortho nitro benzene ring substituents is 1. The Morgan fingerprint density at radius 1 is 1.06 bits per heavy atom. The Labute approximate surface area is 196 Å². The third kappa shape index (κ3) is 6.26. The molecular formula is C20H19ClN2O9S. The second-order valence-electron chi connectivity index (χ2n) is 6.25. The molecule has 0 unspecified atom stereocenters. The van der Waals surface area contributed by atoms with Gasteiger partial charge in [-0.1, -0.05) is 11.6 Å². The fraction of sp³-hybridized carbons (Fsp3) is 0.300. The van der Waals surface area contributed by atoms with E-state index >= 15 is 0 Å². The van der Waals surface area contributed by atoms with Crippen LogP contribution in [0.25, 0.3) is 0 Å². The van der Waals surface area contributed by atoms with E-state index in [4.69, 9.17) is 25.8 Å². The molecule has 11 nitrogen and oxygen atoms in total. The molecule has 2 aromatic rings. The van der Waals surface area contributed by atoms with Crippen LogP contribution in [-0.4, -0.2) is 48.6 Å². The third-order valence-corrected chi connectivity index (χ3v) is 5.56. The smallest absolute Gasteiger partial charge is 0.348 e. The van der Waals surface area contributed by atoms with Gasteiger partial charge in [0.1, 0.15) is 9.88 Å². The summed E-state index contributed by atoms with van der Waals surface area (Å²) in [6.45, 7) is 4.19. The summed E-state index contributed by atoms with van der Waals surface area (Å²) in [5, 5.41) is 13.0. The van der Waals surface area contributed by atoms with Gasteiger partial charge < -0.3 is 19.5 Å². The first kappa shape index (κ1) is 25.7. The van der Waals surface area contributed by atoms with E-state index < -0.39 is 35.3 Å². The zero-order valence-electron chi connectivity index (χ0n) is 17.8. The third-order valence-electron chi connectivity index (χ3n) is 4.06. The van der Waals surface area contributed by atoms with Crippen LogP contribution in [0.2, 0.25) is 5.02 Å². The van der Waals surface area contributed by atoms with E-state index in [0.29, 0.717) is 0 Å². The molecule has 0 saturated carbocycles. The lowest BCUT2D eigenvalue weighted by Crippen LogP contribution is -2.22. The molecule has 1 N–H and O–H groups in total. The number of amides is 1. The molecule has 0 aliphatic heterocycles. The predicted octanol–water partition coefficient (Wildman–Crippen LogP) is 3.77. The van der Waals surface area contributed by atoms with E-state index in [1.807, 2.05) is 0 Å².